The van der Waals surface area contributed by atoms with E-state index in [2.05, 4.69) is 15.9 Å². The van der Waals surface area contributed by atoms with Crippen LogP contribution < -0.4 is 0 Å². The predicted octanol–water partition coefficient (Wildman–Crippen LogP) is 4.52. The van der Waals surface area contributed by atoms with Crippen molar-refractivity contribution in [1.29, 1.82) is 0 Å². The molecule has 1 heterocycles. The lowest BCUT2D eigenvalue weighted by Gasteiger charge is -2.30. The van der Waals surface area contributed by atoms with Crippen LogP contribution in [0, 0.1) is 11.8 Å². The molecule has 2 fully saturated rings. The number of imide groups is 1. The molecule has 1 aliphatic carbocycles. The summed E-state index contributed by atoms with van der Waals surface area (Å²) in [5, 5.41) is 2.36. The highest BCUT2D eigenvalue weighted by Gasteiger charge is 2.51. The number of carbonyl (C=O) groups excluding carboxylic acids is 4. The predicted molar refractivity (Wildman–Crippen MR) is 118 cm³/mol. The number of halogens is 2. The van der Waals surface area contributed by atoms with Crippen molar-refractivity contribution >= 4 is 51.0 Å². The molecule has 3 amide bonds. The third-order valence-electron chi connectivity index (χ3n) is 5.84. The topological polar surface area (TPSA) is 74.8 Å². The lowest BCUT2D eigenvalue weighted by molar-refractivity contribution is -0.154. The highest BCUT2D eigenvalue weighted by atomic mass is 79.9. The standard InChI is InChI=1S/C23H20BrClN2O4/c24-16-9-5-14(6-10-16)20(28)13-26(21(29)15-7-11-17(25)12-8-15)27-22(30)18-3-1-2-4-19(18)23(27)31/h5-12,18-19H,1-4,13H2/t18-,19+. The van der Waals surface area contributed by atoms with Crippen molar-refractivity contribution < 1.29 is 19.2 Å². The van der Waals surface area contributed by atoms with Gasteiger partial charge in [-0.2, -0.15) is 5.01 Å². The Morgan fingerprint density at radius 1 is 0.903 bits per heavy atom. The van der Waals surface area contributed by atoms with E-state index in [1.807, 2.05) is 0 Å². The van der Waals surface area contributed by atoms with Gasteiger partial charge in [0.1, 0.15) is 6.54 Å². The summed E-state index contributed by atoms with van der Waals surface area (Å²) in [5.74, 6) is -2.62. The van der Waals surface area contributed by atoms with Crippen LogP contribution in [-0.2, 0) is 9.59 Å². The number of hydrazine groups is 1. The first-order chi connectivity index (χ1) is 14.9. The van der Waals surface area contributed by atoms with Crippen LogP contribution in [0.2, 0.25) is 5.02 Å². The van der Waals surface area contributed by atoms with E-state index in [9.17, 15) is 19.2 Å². The Labute approximate surface area is 193 Å². The van der Waals surface area contributed by atoms with Crippen LogP contribution in [0.5, 0.6) is 0 Å². The summed E-state index contributed by atoms with van der Waals surface area (Å²) in [6.45, 7) is -0.417. The second-order valence-electron chi connectivity index (χ2n) is 7.79. The lowest BCUT2D eigenvalue weighted by atomic mass is 9.81. The van der Waals surface area contributed by atoms with Gasteiger partial charge in [0.05, 0.1) is 11.8 Å². The summed E-state index contributed by atoms with van der Waals surface area (Å²) in [6.07, 6.45) is 2.98. The third kappa shape index (κ3) is 4.29. The molecule has 0 bridgehead atoms. The maximum atomic E-state index is 13.3. The SMILES string of the molecule is O=C(CN(C(=O)c1ccc(Cl)cc1)N1C(=O)[C@H]2CCCC[C@H]2C1=O)c1ccc(Br)cc1. The Hall–Kier alpha value is -2.51. The molecule has 1 saturated heterocycles. The molecule has 2 atom stereocenters. The molecule has 31 heavy (non-hydrogen) atoms. The highest BCUT2D eigenvalue weighted by Crippen LogP contribution is 2.39. The molecular weight excluding hydrogens is 484 g/mol. The quantitative estimate of drug-likeness (QED) is 0.444. The number of hydrogen-bond donors (Lipinski definition) is 0. The highest BCUT2D eigenvalue weighted by molar-refractivity contribution is 9.10. The van der Waals surface area contributed by atoms with E-state index >= 15 is 0 Å². The van der Waals surface area contributed by atoms with Crippen molar-refractivity contribution in [1.82, 2.24) is 10.0 Å². The number of nitrogens with zero attached hydrogens (tertiary/aromatic N) is 2. The van der Waals surface area contributed by atoms with Gasteiger partial charge in [-0.3, -0.25) is 19.2 Å². The molecule has 2 aromatic rings. The normalized spacial score (nSPS) is 20.5. The van der Waals surface area contributed by atoms with Crippen LogP contribution in [0.4, 0.5) is 0 Å². The summed E-state index contributed by atoms with van der Waals surface area (Å²) in [4.78, 5) is 52.5. The van der Waals surface area contributed by atoms with Crippen molar-refractivity contribution in [2.75, 3.05) is 6.54 Å². The molecule has 0 radical (unpaired) electrons. The molecule has 0 aromatic heterocycles. The van der Waals surface area contributed by atoms with Gasteiger partial charge in [-0.25, -0.2) is 5.01 Å². The number of hydrogen-bond acceptors (Lipinski definition) is 4. The number of rotatable bonds is 5. The van der Waals surface area contributed by atoms with E-state index in [1.54, 1.807) is 36.4 Å². The van der Waals surface area contributed by atoms with Gasteiger partial charge in [-0.15, -0.1) is 0 Å². The molecule has 8 heteroatoms. The average Bonchev–Trinajstić information content (AvgIpc) is 3.03. The molecule has 4 rings (SSSR count). The second-order valence-corrected chi connectivity index (χ2v) is 9.14. The first-order valence-electron chi connectivity index (χ1n) is 10.1. The number of benzene rings is 2. The number of Topliss-reactive ketones (excluding diaryl/α,β-unsaturated/α-hetero) is 1. The van der Waals surface area contributed by atoms with Crippen LogP contribution in [-0.4, -0.2) is 40.1 Å². The van der Waals surface area contributed by atoms with E-state index in [-0.39, 0.29) is 11.3 Å². The smallest absolute Gasteiger partial charge is 0.273 e. The van der Waals surface area contributed by atoms with Crippen LogP contribution in [0.25, 0.3) is 0 Å². The van der Waals surface area contributed by atoms with Gasteiger partial charge < -0.3 is 0 Å². The summed E-state index contributed by atoms with van der Waals surface area (Å²) >= 11 is 9.25. The summed E-state index contributed by atoms with van der Waals surface area (Å²) < 4.78 is 0.812. The van der Waals surface area contributed by atoms with Crippen LogP contribution in [0.15, 0.2) is 53.0 Å². The van der Waals surface area contributed by atoms with Crippen LogP contribution >= 0.6 is 27.5 Å². The first kappa shape index (κ1) is 21.7. The maximum absolute atomic E-state index is 13.3. The average molecular weight is 504 g/mol. The van der Waals surface area contributed by atoms with Crippen molar-refractivity contribution in [3.63, 3.8) is 0 Å². The summed E-state index contributed by atoms with van der Waals surface area (Å²) in [5.41, 5.74) is 0.622. The van der Waals surface area contributed by atoms with Gasteiger partial charge >= 0.3 is 0 Å². The van der Waals surface area contributed by atoms with Crippen molar-refractivity contribution in [3.8, 4) is 0 Å². The maximum Gasteiger partial charge on any atom is 0.273 e. The van der Waals surface area contributed by atoms with Gasteiger partial charge in [0, 0.05) is 20.6 Å². The van der Waals surface area contributed by atoms with Gasteiger partial charge in [0.15, 0.2) is 5.78 Å². The largest absolute Gasteiger partial charge is 0.292 e. The minimum Gasteiger partial charge on any atom is -0.292 e. The number of ketones is 1. The van der Waals surface area contributed by atoms with E-state index in [1.165, 1.54) is 12.1 Å². The zero-order valence-corrected chi connectivity index (χ0v) is 18.9. The fourth-order valence-corrected chi connectivity index (χ4v) is 4.61. The fourth-order valence-electron chi connectivity index (χ4n) is 4.22. The van der Waals surface area contributed by atoms with Crippen molar-refractivity contribution in [3.05, 3.63) is 69.2 Å². The fraction of sp³-hybridized carbons (Fsp3) is 0.304. The number of carbonyl (C=O) groups is 4. The van der Waals surface area contributed by atoms with Gasteiger partial charge in [-0.1, -0.05) is 52.5 Å². The van der Waals surface area contributed by atoms with Crippen molar-refractivity contribution in [2.24, 2.45) is 11.8 Å². The van der Waals surface area contributed by atoms with Gasteiger partial charge in [-0.05, 0) is 49.2 Å². The van der Waals surface area contributed by atoms with Crippen LogP contribution in [0.1, 0.15) is 46.4 Å². The number of amides is 3. The van der Waals surface area contributed by atoms with Gasteiger partial charge in [0.25, 0.3) is 17.7 Å². The monoisotopic (exact) mass is 502 g/mol. The Morgan fingerprint density at radius 3 is 1.97 bits per heavy atom. The molecular formula is C23H20BrClN2O4. The Morgan fingerprint density at radius 2 is 1.42 bits per heavy atom. The molecule has 6 nitrogen and oxygen atoms in total. The molecule has 160 valence electrons. The molecule has 0 N–H and O–H groups in total. The van der Waals surface area contributed by atoms with E-state index < -0.39 is 36.1 Å². The lowest BCUT2D eigenvalue weighted by Crippen LogP contribution is -2.52. The molecule has 0 spiro atoms. The second kappa shape index (κ2) is 8.93. The van der Waals surface area contributed by atoms with E-state index in [0.29, 0.717) is 23.4 Å². The van der Waals surface area contributed by atoms with E-state index in [0.717, 1.165) is 27.3 Å². The Balaban J connectivity index is 1.68. The summed E-state index contributed by atoms with van der Waals surface area (Å²) in [6, 6.07) is 12.8. The molecule has 1 saturated carbocycles. The molecule has 2 aliphatic rings. The number of fused-ring (bicyclic) bond motifs is 1. The minimum absolute atomic E-state index is 0.239. The van der Waals surface area contributed by atoms with E-state index in [4.69, 9.17) is 11.6 Å². The zero-order valence-electron chi connectivity index (χ0n) is 16.6. The Kier molecular flexibility index (Phi) is 6.25. The minimum atomic E-state index is -0.595. The van der Waals surface area contributed by atoms with Gasteiger partial charge in [0.2, 0.25) is 0 Å². The first-order valence-corrected chi connectivity index (χ1v) is 11.3. The molecule has 1 aliphatic heterocycles. The Bertz CT molecular complexity index is 1010. The summed E-state index contributed by atoms with van der Waals surface area (Å²) in [7, 11) is 0. The molecule has 0 unspecified atom stereocenters. The third-order valence-corrected chi connectivity index (χ3v) is 6.63. The zero-order chi connectivity index (χ0) is 22.1. The van der Waals surface area contributed by atoms with Crippen LogP contribution in [0.3, 0.4) is 0 Å². The molecule has 2 aromatic carbocycles. The van der Waals surface area contributed by atoms with Crippen molar-refractivity contribution in [2.45, 2.75) is 25.7 Å².